The first kappa shape index (κ1) is 13.4. The molecule has 1 aromatic rings. The second-order valence-corrected chi connectivity index (χ2v) is 7.54. The van der Waals surface area contributed by atoms with Crippen molar-refractivity contribution < 1.29 is 8.42 Å². The van der Waals surface area contributed by atoms with E-state index in [1.54, 1.807) is 12.1 Å². The molecule has 1 saturated heterocycles. The number of nitrogens with zero attached hydrogens (tertiary/aromatic N) is 1. The van der Waals surface area contributed by atoms with E-state index in [9.17, 15) is 8.42 Å². The largest absolute Gasteiger partial charge is 0.383 e. The molecule has 1 fully saturated rings. The summed E-state index contributed by atoms with van der Waals surface area (Å²) in [7, 11) is -2.94. The van der Waals surface area contributed by atoms with E-state index >= 15 is 0 Å². The van der Waals surface area contributed by atoms with E-state index in [-0.39, 0.29) is 11.0 Å². The fraction of sp³-hybridized carbons (Fsp3) is 0.417. The summed E-state index contributed by atoms with van der Waals surface area (Å²) in [5, 5.41) is 11.8. The highest BCUT2D eigenvalue weighted by Gasteiger charge is 2.30. The first-order valence-electron chi connectivity index (χ1n) is 5.68. The fourth-order valence-corrected chi connectivity index (χ4v) is 4.32. The third kappa shape index (κ3) is 2.68. The Kier molecular flexibility index (Phi) is 3.93. The molecule has 0 aromatic heterocycles. The fourth-order valence-electron chi connectivity index (χ4n) is 2.10. The van der Waals surface area contributed by atoms with Gasteiger partial charge in [0.2, 0.25) is 0 Å². The predicted molar refractivity (Wildman–Crippen MR) is 74.2 cm³/mol. The Bertz CT molecular complexity index is 593. The molecular formula is C12H13BrN2O2S. The molecule has 96 valence electrons. The summed E-state index contributed by atoms with van der Waals surface area (Å²) in [6.45, 7) is 0.369. The van der Waals surface area contributed by atoms with Crippen molar-refractivity contribution in [2.75, 3.05) is 17.6 Å². The van der Waals surface area contributed by atoms with Gasteiger partial charge in [-0.15, -0.1) is 0 Å². The van der Waals surface area contributed by atoms with E-state index in [1.165, 1.54) is 0 Å². The van der Waals surface area contributed by atoms with Crippen molar-refractivity contribution in [2.45, 2.75) is 18.1 Å². The molecule has 0 bridgehead atoms. The van der Waals surface area contributed by atoms with Crippen LogP contribution in [0.4, 0.5) is 5.69 Å². The minimum Gasteiger partial charge on any atom is -0.383 e. The van der Waals surface area contributed by atoms with E-state index in [2.05, 4.69) is 27.3 Å². The Morgan fingerprint density at radius 1 is 1.50 bits per heavy atom. The molecule has 0 aliphatic carbocycles. The molecule has 1 unspecified atom stereocenters. The molecule has 1 N–H and O–H groups in total. The van der Waals surface area contributed by atoms with Crippen molar-refractivity contribution in [3.63, 3.8) is 0 Å². The van der Waals surface area contributed by atoms with Gasteiger partial charge < -0.3 is 5.32 Å². The third-order valence-corrected chi connectivity index (χ3v) is 6.05. The second kappa shape index (κ2) is 5.29. The van der Waals surface area contributed by atoms with E-state index in [0.29, 0.717) is 28.7 Å². The molecule has 1 aliphatic heterocycles. The number of anilines is 1. The number of sulfone groups is 1. The molecular weight excluding hydrogens is 316 g/mol. The van der Waals surface area contributed by atoms with Crippen LogP contribution in [0, 0.1) is 11.3 Å². The lowest BCUT2D eigenvalue weighted by molar-refractivity contribution is 0.591. The van der Waals surface area contributed by atoms with Gasteiger partial charge in [-0.05, 0) is 40.9 Å². The summed E-state index contributed by atoms with van der Waals surface area (Å²) in [6.07, 6.45) is 1.43. The number of benzene rings is 1. The van der Waals surface area contributed by atoms with Crippen LogP contribution in [0.15, 0.2) is 22.7 Å². The first-order valence-corrected chi connectivity index (χ1v) is 8.19. The van der Waals surface area contributed by atoms with Gasteiger partial charge in [-0.1, -0.05) is 6.07 Å². The zero-order valence-corrected chi connectivity index (χ0v) is 12.1. The van der Waals surface area contributed by atoms with E-state index in [4.69, 9.17) is 5.26 Å². The monoisotopic (exact) mass is 328 g/mol. The van der Waals surface area contributed by atoms with Gasteiger partial charge in [-0.3, -0.25) is 0 Å². The lowest BCUT2D eigenvalue weighted by atomic mass is 10.2. The molecule has 4 nitrogen and oxygen atoms in total. The Hall–Kier alpha value is -1.06. The molecule has 1 atom stereocenters. The topological polar surface area (TPSA) is 70.0 Å². The van der Waals surface area contributed by atoms with Crippen LogP contribution >= 0.6 is 15.9 Å². The van der Waals surface area contributed by atoms with Gasteiger partial charge in [-0.25, -0.2) is 8.42 Å². The summed E-state index contributed by atoms with van der Waals surface area (Å²) < 4.78 is 24.1. The van der Waals surface area contributed by atoms with E-state index < -0.39 is 9.84 Å². The molecule has 18 heavy (non-hydrogen) atoms. The summed E-state index contributed by atoms with van der Waals surface area (Å²) in [5.74, 6) is 0.281. The highest BCUT2D eigenvalue weighted by atomic mass is 79.9. The second-order valence-electron chi connectivity index (χ2n) is 4.29. The maximum absolute atomic E-state index is 11.7. The van der Waals surface area contributed by atoms with Crippen LogP contribution in [0.3, 0.4) is 0 Å². The predicted octanol–water partition coefficient (Wildman–Crippen LogP) is 2.31. The highest BCUT2D eigenvalue weighted by Crippen LogP contribution is 2.25. The van der Waals surface area contributed by atoms with Crippen LogP contribution in [0.1, 0.15) is 18.4 Å². The van der Waals surface area contributed by atoms with Gasteiger partial charge in [0.05, 0.1) is 22.3 Å². The number of nitrogens with one attached hydrogen (secondary N) is 1. The quantitative estimate of drug-likeness (QED) is 0.924. The van der Waals surface area contributed by atoms with Crippen molar-refractivity contribution >= 4 is 31.5 Å². The van der Waals surface area contributed by atoms with Crippen molar-refractivity contribution in [1.82, 2.24) is 0 Å². The first-order chi connectivity index (χ1) is 8.54. The Morgan fingerprint density at radius 3 is 2.89 bits per heavy atom. The summed E-state index contributed by atoms with van der Waals surface area (Å²) in [4.78, 5) is 0. The Balaban J connectivity index is 2.12. The zero-order chi connectivity index (χ0) is 13.2. The molecule has 6 heteroatoms. The lowest BCUT2D eigenvalue weighted by Gasteiger charge is -2.13. The number of hydrogen-bond donors (Lipinski definition) is 1. The van der Waals surface area contributed by atoms with Crippen LogP contribution in [-0.2, 0) is 9.84 Å². The number of hydrogen-bond acceptors (Lipinski definition) is 4. The molecule has 0 amide bonds. The minimum absolute atomic E-state index is 0.281. The number of rotatable bonds is 3. The number of halogens is 1. The average Bonchev–Trinajstić information content (AvgIpc) is 2.66. The maximum Gasteiger partial charge on any atom is 0.154 e. The third-order valence-electron chi connectivity index (χ3n) is 3.11. The zero-order valence-electron chi connectivity index (χ0n) is 9.69. The number of nitriles is 1. The van der Waals surface area contributed by atoms with Gasteiger partial charge in [0.15, 0.2) is 9.84 Å². The van der Waals surface area contributed by atoms with Crippen LogP contribution in [0.2, 0.25) is 0 Å². The van der Waals surface area contributed by atoms with Gasteiger partial charge >= 0.3 is 0 Å². The normalized spacial score (nSPS) is 21.4. The van der Waals surface area contributed by atoms with Crippen LogP contribution in [0.5, 0.6) is 0 Å². The van der Waals surface area contributed by atoms with Gasteiger partial charge in [-0.2, -0.15) is 5.26 Å². The van der Waals surface area contributed by atoms with Crippen LogP contribution in [0.25, 0.3) is 0 Å². The molecule has 0 radical (unpaired) electrons. The van der Waals surface area contributed by atoms with Gasteiger partial charge in [0, 0.05) is 11.0 Å². The van der Waals surface area contributed by atoms with Gasteiger partial charge in [0.1, 0.15) is 6.07 Å². The van der Waals surface area contributed by atoms with Crippen molar-refractivity contribution in [1.29, 1.82) is 5.26 Å². The van der Waals surface area contributed by atoms with Crippen molar-refractivity contribution in [2.24, 2.45) is 0 Å². The molecule has 0 spiro atoms. The van der Waals surface area contributed by atoms with Crippen LogP contribution < -0.4 is 5.32 Å². The highest BCUT2D eigenvalue weighted by molar-refractivity contribution is 9.10. The van der Waals surface area contributed by atoms with Crippen LogP contribution in [-0.4, -0.2) is 26.0 Å². The molecule has 1 aliphatic rings. The lowest BCUT2D eigenvalue weighted by Crippen LogP contribution is -2.25. The average molecular weight is 329 g/mol. The Labute approximate surface area is 115 Å². The summed E-state index contributed by atoms with van der Waals surface area (Å²) >= 11 is 3.30. The molecule has 2 rings (SSSR count). The smallest absolute Gasteiger partial charge is 0.154 e. The summed E-state index contributed by atoms with van der Waals surface area (Å²) in [6, 6.07) is 7.49. The van der Waals surface area contributed by atoms with Crippen molar-refractivity contribution in [3.8, 4) is 6.07 Å². The van der Waals surface area contributed by atoms with Gasteiger partial charge in [0.25, 0.3) is 0 Å². The van der Waals surface area contributed by atoms with E-state index in [0.717, 1.165) is 6.42 Å². The standard InChI is InChI=1S/C12H13BrN2O2S/c13-11-4-1-5-12(10(11)7-14)15-8-9-3-2-6-18(9,16)17/h1,4-5,9,15H,2-3,6,8H2. The Morgan fingerprint density at radius 2 is 2.28 bits per heavy atom. The molecule has 0 saturated carbocycles. The molecule has 1 aromatic carbocycles. The minimum atomic E-state index is -2.94. The maximum atomic E-state index is 11.7. The van der Waals surface area contributed by atoms with Crippen molar-refractivity contribution in [3.05, 3.63) is 28.2 Å². The van der Waals surface area contributed by atoms with E-state index in [1.807, 2.05) is 6.07 Å². The SMILES string of the molecule is N#Cc1c(Br)cccc1NCC1CCCS1(=O)=O. The molecule has 1 heterocycles. The summed E-state index contributed by atoms with van der Waals surface area (Å²) in [5.41, 5.74) is 1.18.